The normalized spacial score (nSPS) is 11.9. The molecule has 2 rings (SSSR count). The third-order valence-electron chi connectivity index (χ3n) is 3.72. The van der Waals surface area contributed by atoms with Crippen LogP contribution in [-0.4, -0.2) is 38.5 Å². The molecule has 0 fully saturated rings. The summed E-state index contributed by atoms with van der Waals surface area (Å²) in [6.07, 6.45) is 0.423. The summed E-state index contributed by atoms with van der Waals surface area (Å²) in [6.45, 7) is 6.48. The molecule has 0 saturated carbocycles. The summed E-state index contributed by atoms with van der Waals surface area (Å²) in [6, 6.07) is 1.39. The van der Waals surface area contributed by atoms with E-state index in [9.17, 15) is 14.4 Å². The summed E-state index contributed by atoms with van der Waals surface area (Å²) in [7, 11) is 1.78. The van der Waals surface area contributed by atoms with E-state index in [4.69, 9.17) is 4.74 Å². The Bertz CT molecular complexity index is 803. The number of nitrogens with one attached hydrogen (secondary N) is 2. The molecule has 0 bridgehead atoms. The molecule has 2 heterocycles. The highest BCUT2D eigenvalue weighted by atomic mass is 16.5. The van der Waals surface area contributed by atoms with Crippen molar-refractivity contribution in [1.29, 1.82) is 0 Å². The largest absolute Gasteiger partial charge is 0.448 e. The minimum absolute atomic E-state index is 0.119. The molecule has 128 valence electrons. The van der Waals surface area contributed by atoms with Crippen molar-refractivity contribution in [2.75, 3.05) is 5.32 Å². The van der Waals surface area contributed by atoms with E-state index < -0.39 is 18.0 Å². The van der Waals surface area contributed by atoms with Gasteiger partial charge in [0, 0.05) is 18.8 Å². The van der Waals surface area contributed by atoms with Gasteiger partial charge < -0.3 is 15.0 Å². The highest BCUT2D eigenvalue weighted by Gasteiger charge is 2.22. The Kier molecular flexibility index (Phi) is 4.87. The zero-order chi connectivity index (χ0) is 18.0. The Hall–Kier alpha value is -2.90. The van der Waals surface area contributed by atoms with E-state index in [1.165, 1.54) is 26.1 Å². The van der Waals surface area contributed by atoms with Crippen molar-refractivity contribution >= 4 is 23.3 Å². The van der Waals surface area contributed by atoms with Gasteiger partial charge in [0.1, 0.15) is 5.69 Å². The monoisotopic (exact) mass is 332 g/mol. The lowest BCUT2D eigenvalue weighted by molar-refractivity contribution is -0.123. The number of aromatic nitrogens is 3. The molecule has 2 aromatic heterocycles. The first-order chi connectivity index (χ1) is 11.2. The molecule has 2 N–H and O–H groups in total. The van der Waals surface area contributed by atoms with Gasteiger partial charge in [-0.2, -0.15) is 5.10 Å². The number of carbonyl (C=O) groups excluding carboxylic acids is 3. The summed E-state index contributed by atoms with van der Waals surface area (Å²) in [4.78, 5) is 38.1. The van der Waals surface area contributed by atoms with E-state index in [0.717, 1.165) is 5.69 Å². The molecule has 8 nitrogen and oxygen atoms in total. The van der Waals surface area contributed by atoms with Crippen molar-refractivity contribution < 1.29 is 19.1 Å². The van der Waals surface area contributed by atoms with Crippen LogP contribution in [0, 0.1) is 13.8 Å². The van der Waals surface area contributed by atoms with Gasteiger partial charge in [0.05, 0.1) is 17.1 Å². The van der Waals surface area contributed by atoms with Crippen LogP contribution in [-0.2, 0) is 16.6 Å². The van der Waals surface area contributed by atoms with Gasteiger partial charge in [0.25, 0.3) is 5.91 Å². The summed E-state index contributed by atoms with van der Waals surface area (Å²) in [5.74, 6) is -1.33. The predicted octanol–water partition coefficient (Wildman–Crippen LogP) is 1.75. The molecule has 0 aliphatic heterocycles. The van der Waals surface area contributed by atoms with Crippen molar-refractivity contribution in [2.45, 2.75) is 33.8 Å². The summed E-state index contributed by atoms with van der Waals surface area (Å²) in [5.41, 5.74) is 2.57. The number of ketones is 1. The zero-order valence-electron chi connectivity index (χ0n) is 14.3. The first-order valence-electron chi connectivity index (χ1n) is 7.42. The fraction of sp³-hybridized carbons (Fsp3) is 0.375. The highest BCUT2D eigenvalue weighted by Crippen LogP contribution is 2.19. The van der Waals surface area contributed by atoms with E-state index in [-0.39, 0.29) is 11.5 Å². The average molecular weight is 332 g/mol. The number of H-pyrrole nitrogens is 1. The van der Waals surface area contributed by atoms with E-state index in [2.05, 4.69) is 15.4 Å². The van der Waals surface area contributed by atoms with Crippen LogP contribution >= 0.6 is 0 Å². The second kappa shape index (κ2) is 6.69. The smallest absolute Gasteiger partial charge is 0.355 e. The van der Waals surface area contributed by atoms with Crippen molar-refractivity contribution in [1.82, 2.24) is 14.8 Å². The standard InChI is InChI=1S/C16H20N4O4/c1-8-14(9(2)20(5)19-8)18-15(22)11(4)24-16(23)13-6-12(7-17-13)10(3)21/h6-7,11,17H,1-5H3,(H,18,22)/t11-/m1/s1. The molecule has 1 atom stereocenters. The number of Topliss-reactive ketones (excluding diaryl/α,β-unsaturated/α-hetero) is 1. The minimum Gasteiger partial charge on any atom is -0.448 e. The Morgan fingerprint density at radius 2 is 2.00 bits per heavy atom. The Morgan fingerprint density at radius 3 is 2.50 bits per heavy atom. The summed E-state index contributed by atoms with van der Waals surface area (Å²) >= 11 is 0. The van der Waals surface area contributed by atoms with Gasteiger partial charge in [-0.15, -0.1) is 0 Å². The van der Waals surface area contributed by atoms with Crippen molar-refractivity contribution in [3.63, 3.8) is 0 Å². The number of carbonyl (C=O) groups is 3. The number of anilines is 1. The molecule has 8 heteroatoms. The highest BCUT2D eigenvalue weighted by molar-refractivity contribution is 5.99. The van der Waals surface area contributed by atoms with Crippen molar-refractivity contribution in [3.05, 3.63) is 34.9 Å². The van der Waals surface area contributed by atoms with Crippen LogP contribution in [0.4, 0.5) is 5.69 Å². The number of ether oxygens (including phenoxy) is 1. The summed E-state index contributed by atoms with van der Waals surface area (Å²) in [5, 5.41) is 6.92. The molecule has 0 spiro atoms. The lowest BCUT2D eigenvalue weighted by Gasteiger charge is -2.13. The molecule has 0 unspecified atom stereocenters. The van der Waals surface area contributed by atoms with Crippen LogP contribution in [0.25, 0.3) is 0 Å². The number of hydrogen-bond acceptors (Lipinski definition) is 5. The van der Waals surface area contributed by atoms with Gasteiger partial charge in [-0.05, 0) is 33.8 Å². The molecule has 0 aromatic carbocycles. The van der Waals surface area contributed by atoms with Crippen LogP contribution in [0.3, 0.4) is 0 Å². The molecule has 0 saturated heterocycles. The molecule has 2 aromatic rings. The van der Waals surface area contributed by atoms with Crippen LogP contribution in [0.2, 0.25) is 0 Å². The maximum atomic E-state index is 12.2. The van der Waals surface area contributed by atoms with E-state index in [1.54, 1.807) is 18.7 Å². The number of aryl methyl sites for hydroxylation is 2. The third kappa shape index (κ3) is 3.53. The first-order valence-corrected chi connectivity index (χ1v) is 7.42. The molecule has 0 aliphatic carbocycles. The maximum absolute atomic E-state index is 12.2. The SMILES string of the molecule is CC(=O)c1c[nH]c(C(=O)O[C@H](C)C(=O)Nc2c(C)nn(C)c2C)c1. The summed E-state index contributed by atoms with van der Waals surface area (Å²) < 4.78 is 6.79. The number of nitrogens with zero attached hydrogens (tertiary/aromatic N) is 2. The molecule has 24 heavy (non-hydrogen) atoms. The number of hydrogen-bond donors (Lipinski definition) is 2. The Labute approximate surface area is 139 Å². The third-order valence-corrected chi connectivity index (χ3v) is 3.72. The van der Waals surface area contributed by atoms with Gasteiger partial charge in [0.15, 0.2) is 11.9 Å². The molecule has 1 amide bonds. The predicted molar refractivity (Wildman–Crippen MR) is 87.0 cm³/mol. The Balaban J connectivity index is 2.02. The fourth-order valence-electron chi connectivity index (χ4n) is 2.17. The van der Waals surface area contributed by atoms with Crippen LogP contribution in [0.15, 0.2) is 12.3 Å². The second-order valence-corrected chi connectivity index (χ2v) is 5.56. The van der Waals surface area contributed by atoms with E-state index in [0.29, 0.717) is 16.9 Å². The zero-order valence-corrected chi connectivity index (χ0v) is 14.3. The maximum Gasteiger partial charge on any atom is 0.355 e. The fourth-order valence-corrected chi connectivity index (χ4v) is 2.17. The van der Waals surface area contributed by atoms with Gasteiger partial charge >= 0.3 is 5.97 Å². The van der Waals surface area contributed by atoms with Crippen LogP contribution in [0.1, 0.15) is 46.1 Å². The second-order valence-electron chi connectivity index (χ2n) is 5.56. The van der Waals surface area contributed by atoms with Crippen LogP contribution < -0.4 is 5.32 Å². The lowest BCUT2D eigenvalue weighted by atomic mass is 10.2. The van der Waals surface area contributed by atoms with Crippen LogP contribution in [0.5, 0.6) is 0 Å². The molecule has 0 aliphatic rings. The minimum atomic E-state index is -0.999. The quantitative estimate of drug-likeness (QED) is 0.641. The number of esters is 1. The van der Waals surface area contributed by atoms with Gasteiger partial charge in [-0.1, -0.05) is 0 Å². The molecular formula is C16H20N4O4. The average Bonchev–Trinajstić information content (AvgIpc) is 3.08. The number of amides is 1. The first kappa shape index (κ1) is 17.5. The van der Waals surface area contributed by atoms with E-state index >= 15 is 0 Å². The van der Waals surface area contributed by atoms with Crippen molar-refractivity contribution in [3.8, 4) is 0 Å². The number of rotatable bonds is 5. The topological polar surface area (TPSA) is 106 Å². The van der Waals surface area contributed by atoms with E-state index in [1.807, 2.05) is 6.92 Å². The van der Waals surface area contributed by atoms with Gasteiger partial charge in [-0.3, -0.25) is 14.3 Å². The van der Waals surface area contributed by atoms with Gasteiger partial charge in [0.2, 0.25) is 0 Å². The molecule has 0 radical (unpaired) electrons. The lowest BCUT2D eigenvalue weighted by Crippen LogP contribution is -2.30. The Morgan fingerprint density at radius 1 is 1.33 bits per heavy atom. The number of aromatic amines is 1. The van der Waals surface area contributed by atoms with Gasteiger partial charge in [-0.25, -0.2) is 4.79 Å². The molecular weight excluding hydrogens is 312 g/mol. The van der Waals surface area contributed by atoms with Crippen molar-refractivity contribution in [2.24, 2.45) is 7.05 Å².